The minimum atomic E-state index is 0.741. The molecule has 2 heterocycles. The molecule has 25 heavy (non-hydrogen) atoms. The van der Waals surface area contributed by atoms with Gasteiger partial charge >= 0.3 is 0 Å². The Morgan fingerprint density at radius 3 is 2.24 bits per heavy atom. The minimum Gasteiger partial charge on any atom is -0.282 e. The highest BCUT2D eigenvalue weighted by Crippen LogP contribution is 2.32. The van der Waals surface area contributed by atoms with E-state index in [1.54, 1.807) is 0 Å². The highest BCUT2D eigenvalue weighted by molar-refractivity contribution is 5.74. The van der Waals surface area contributed by atoms with Gasteiger partial charge in [0.05, 0.1) is 5.69 Å². The second-order valence-electron chi connectivity index (χ2n) is 6.12. The average Bonchev–Trinajstić information content (AvgIpc) is 3.00. The summed E-state index contributed by atoms with van der Waals surface area (Å²) in [6.07, 6.45) is 2.04. The minimum absolute atomic E-state index is 0.741. The zero-order valence-electron chi connectivity index (χ0n) is 14.2. The van der Waals surface area contributed by atoms with Gasteiger partial charge in [0, 0.05) is 11.8 Å². The SMILES string of the molecule is Cc1ccc(N=Nc2c(-c3ccccc3)nc3ccc(C)cn23)cc1. The molecule has 4 heteroatoms. The van der Waals surface area contributed by atoms with E-state index in [-0.39, 0.29) is 0 Å². The third-order valence-electron chi connectivity index (χ3n) is 4.08. The van der Waals surface area contributed by atoms with Crippen molar-refractivity contribution < 1.29 is 0 Å². The smallest absolute Gasteiger partial charge is 0.187 e. The van der Waals surface area contributed by atoms with Gasteiger partial charge in [-0.3, -0.25) is 4.40 Å². The van der Waals surface area contributed by atoms with Crippen molar-refractivity contribution in [2.75, 3.05) is 0 Å². The largest absolute Gasteiger partial charge is 0.282 e. The molecule has 0 aliphatic carbocycles. The molecule has 0 saturated carbocycles. The molecule has 2 aromatic carbocycles. The van der Waals surface area contributed by atoms with Gasteiger partial charge in [-0.05, 0) is 37.6 Å². The number of aryl methyl sites for hydroxylation is 2. The van der Waals surface area contributed by atoms with Crippen LogP contribution in [0.4, 0.5) is 11.5 Å². The van der Waals surface area contributed by atoms with Crippen molar-refractivity contribution in [1.82, 2.24) is 9.38 Å². The van der Waals surface area contributed by atoms with E-state index in [1.807, 2.05) is 71.3 Å². The van der Waals surface area contributed by atoms with Crippen molar-refractivity contribution in [3.8, 4) is 11.3 Å². The maximum atomic E-state index is 4.76. The number of nitrogens with zero attached hydrogens (tertiary/aromatic N) is 4. The van der Waals surface area contributed by atoms with Crippen LogP contribution in [0.2, 0.25) is 0 Å². The summed E-state index contributed by atoms with van der Waals surface area (Å²) in [6, 6.07) is 22.2. The third kappa shape index (κ3) is 3.06. The maximum absolute atomic E-state index is 4.76. The standard InChI is InChI=1S/C21H18N4/c1-15-8-11-18(12-9-15)23-24-21-20(17-6-4-3-5-7-17)22-19-13-10-16(2)14-25(19)21/h3-14H,1-2H3. The number of rotatable bonds is 3. The first-order valence-corrected chi connectivity index (χ1v) is 8.23. The number of azo groups is 1. The van der Waals surface area contributed by atoms with E-state index in [0.717, 1.165) is 34.0 Å². The van der Waals surface area contributed by atoms with Crippen LogP contribution in [0, 0.1) is 13.8 Å². The van der Waals surface area contributed by atoms with Crippen LogP contribution >= 0.6 is 0 Å². The van der Waals surface area contributed by atoms with Crippen LogP contribution in [-0.2, 0) is 0 Å². The topological polar surface area (TPSA) is 42.0 Å². The highest BCUT2D eigenvalue weighted by Gasteiger charge is 2.13. The molecule has 0 saturated heterocycles. The molecule has 2 aromatic heterocycles. The summed E-state index contributed by atoms with van der Waals surface area (Å²) >= 11 is 0. The number of imidazole rings is 1. The second kappa shape index (κ2) is 6.32. The van der Waals surface area contributed by atoms with E-state index in [2.05, 4.69) is 30.1 Å². The summed E-state index contributed by atoms with van der Waals surface area (Å²) in [5.74, 6) is 0.741. The first kappa shape index (κ1) is 15.3. The number of hydrogen-bond donors (Lipinski definition) is 0. The van der Waals surface area contributed by atoms with Gasteiger partial charge in [-0.15, -0.1) is 10.2 Å². The number of benzene rings is 2. The summed E-state index contributed by atoms with van der Waals surface area (Å²) in [5, 5.41) is 8.96. The Kier molecular flexibility index (Phi) is 3.86. The molecule has 0 aliphatic rings. The summed E-state index contributed by atoms with van der Waals surface area (Å²) in [6.45, 7) is 4.12. The Morgan fingerprint density at radius 2 is 1.48 bits per heavy atom. The molecule has 0 unspecified atom stereocenters. The molecular formula is C21H18N4. The molecule has 0 bridgehead atoms. The van der Waals surface area contributed by atoms with Crippen molar-refractivity contribution in [3.05, 3.63) is 84.1 Å². The lowest BCUT2D eigenvalue weighted by atomic mass is 10.1. The summed E-state index contributed by atoms with van der Waals surface area (Å²) in [4.78, 5) is 4.76. The monoisotopic (exact) mass is 326 g/mol. The van der Waals surface area contributed by atoms with Crippen molar-refractivity contribution in [3.63, 3.8) is 0 Å². The highest BCUT2D eigenvalue weighted by atomic mass is 15.2. The fraction of sp³-hybridized carbons (Fsp3) is 0.0952. The lowest BCUT2D eigenvalue weighted by Crippen LogP contribution is -1.85. The van der Waals surface area contributed by atoms with Gasteiger partial charge in [-0.1, -0.05) is 54.1 Å². The van der Waals surface area contributed by atoms with E-state index >= 15 is 0 Å². The molecule has 4 rings (SSSR count). The fourth-order valence-electron chi connectivity index (χ4n) is 2.74. The van der Waals surface area contributed by atoms with Crippen LogP contribution in [0.3, 0.4) is 0 Å². The lowest BCUT2D eigenvalue weighted by Gasteiger charge is -2.00. The lowest BCUT2D eigenvalue weighted by molar-refractivity contribution is 1.09. The second-order valence-corrected chi connectivity index (χ2v) is 6.12. The molecule has 0 spiro atoms. The number of fused-ring (bicyclic) bond motifs is 1. The van der Waals surface area contributed by atoms with Gasteiger partial charge in [0.1, 0.15) is 11.3 Å². The van der Waals surface area contributed by atoms with Crippen LogP contribution in [0.1, 0.15) is 11.1 Å². The van der Waals surface area contributed by atoms with E-state index in [4.69, 9.17) is 4.98 Å². The van der Waals surface area contributed by atoms with Gasteiger partial charge in [0.15, 0.2) is 5.82 Å². The van der Waals surface area contributed by atoms with Crippen LogP contribution < -0.4 is 0 Å². The Bertz CT molecular complexity index is 1040. The van der Waals surface area contributed by atoms with E-state index < -0.39 is 0 Å². The molecule has 122 valence electrons. The van der Waals surface area contributed by atoms with Crippen molar-refractivity contribution >= 4 is 17.2 Å². The Balaban J connectivity index is 1.87. The molecular weight excluding hydrogens is 308 g/mol. The van der Waals surface area contributed by atoms with Crippen LogP contribution in [0.15, 0.2) is 83.2 Å². The summed E-state index contributed by atoms with van der Waals surface area (Å²) < 4.78 is 2.00. The van der Waals surface area contributed by atoms with Crippen LogP contribution in [0.25, 0.3) is 16.9 Å². The van der Waals surface area contributed by atoms with E-state index in [9.17, 15) is 0 Å². The Labute approximate surface area is 146 Å². The Morgan fingerprint density at radius 1 is 0.760 bits per heavy atom. The maximum Gasteiger partial charge on any atom is 0.187 e. The first-order valence-electron chi connectivity index (χ1n) is 8.23. The quantitative estimate of drug-likeness (QED) is 0.424. The van der Waals surface area contributed by atoms with Gasteiger partial charge in [0.2, 0.25) is 0 Å². The Hall–Kier alpha value is -3.27. The van der Waals surface area contributed by atoms with Gasteiger partial charge in [-0.2, -0.15) is 0 Å². The summed E-state index contributed by atoms with van der Waals surface area (Å²) in [5.41, 5.74) is 5.91. The van der Waals surface area contributed by atoms with Crippen molar-refractivity contribution in [2.45, 2.75) is 13.8 Å². The normalized spacial score (nSPS) is 11.4. The summed E-state index contributed by atoms with van der Waals surface area (Å²) in [7, 11) is 0. The first-order chi connectivity index (χ1) is 12.2. The van der Waals surface area contributed by atoms with Crippen LogP contribution in [0.5, 0.6) is 0 Å². The number of aromatic nitrogens is 2. The van der Waals surface area contributed by atoms with Gasteiger partial charge in [-0.25, -0.2) is 4.98 Å². The average molecular weight is 326 g/mol. The van der Waals surface area contributed by atoms with Gasteiger partial charge < -0.3 is 0 Å². The molecule has 0 fully saturated rings. The molecule has 0 atom stereocenters. The molecule has 4 nitrogen and oxygen atoms in total. The predicted molar refractivity (Wildman–Crippen MR) is 101 cm³/mol. The van der Waals surface area contributed by atoms with Crippen molar-refractivity contribution in [1.29, 1.82) is 0 Å². The molecule has 0 N–H and O–H groups in total. The zero-order chi connectivity index (χ0) is 17.2. The van der Waals surface area contributed by atoms with E-state index in [0.29, 0.717) is 0 Å². The van der Waals surface area contributed by atoms with Crippen molar-refractivity contribution in [2.24, 2.45) is 10.2 Å². The fourth-order valence-corrected chi connectivity index (χ4v) is 2.74. The van der Waals surface area contributed by atoms with Gasteiger partial charge in [0.25, 0.3) is 0 Å². The molecule has 0 amide bonds. The number of pyridine rings is 1. The third-order valence-corrected chi connectivity index (χ3v) is 4.08. The molecule has 0 aliphatic heterocycles. The molecule has 0 radical (unpaired) electrons. The predicted octanol–water partition coefficient (Wildman–Crippen LogP) is 6.03. The zero-order valence-corrected chi connectivity index (χ0v) is 14.2. The van der Waals surface area contributed by atoms with E-state index in [1.165, 1.54) is 5.56 Å². The van der Waals surface area contributed by atoms with Crippen LogP contribution in [-0.4, -0.2) is 9.38 Å². The molecule has 4 aromatic rings. The number of hydrogen-bond acceptors (Lipinski definition) is 3.